The molecule has 0 spiro atoms. The van der Waals surface area contributed by atoms with Gasteiger partial charge >= 0.3 is 0 Å². The summed E-state index contributed by atoms with van der Waals surface area (Å²) in [5.41, 5.74) is 7.90. The van der Waals surface area contributed by atoms with Crippen LogP contribution in [0.4, 0.5) is 4.39 Å². The molecule has 100 valence electrons. The van der Waals surface area contributed by atoms with Crippen LogP contribution in [-0.4, -0.2) is 9.55 Å². The van der Waals surface area contributed by atoms with Crippen molar-refractivity contribution in [2.45, 2.75) is 44.2 Å². The molecule has 0 radical (unpaired) electrons. The number of aromatic nitrogens is 2. The van der Waals surface area contributed by atoms with E-state index in [1.165, 1.54) is 37.8 Å². The molecule has 0 amide bonds. The molecule has 2 fully saturated rings. The molecule has 1 atom stereocenters. The van der Waals surface area contributed by atoms with Crippen molar-refractivity contribution >= 4 is 11.0 Å². The number of hydrogen-bond acceptors (Lipinski definition) is 2. The third-order valence-corrected chi connectivity index (χ3v) is 4.47. The van der Waals surface area contributed by atoms with Gasteiger partial charge < -0.3 is 10.3 Å². The molecule has 1 unspecified atom stereocenters. The number of nitrogens with zero attached hydrogens (tertiary/aromatic N) is 2. The third-order valence-electron chi connectivity index (χ3n) is 4.47. The van der Waals surface area contributed by atoms with E-state index in [0.29, 0.717) is 12.0 Å². The van der Waals surface area contributed by atoms with Crippen molar-refractivity contribution in [1.82, 2.24) is 9.55 Å². The van der Waals surface area contributed by atoms with Gasteiger partial charge in [0.05, 0.1) is 16.6 Å². The van der Waals surface area contributed by atoms with Crippen molar-refractivity contribution < 1.29 is 4.39 Å². The standard InChI is InChI=1S/C15H18FN3/c1-15(17,9-2-3-9)14-18-12-8-10(16)4-7-13(12)19(14)11-5-6-11/h4,7-9,11H,2-3,5-6,17H2,1H3. The van der Waals surface area contributed by atoms with Crippen molar-refractivity contribution in [3.63, 3.8) is 0 Å². The zero-order valence-electron chi connectivity index (χ0n) is 11.1. The Bertz CT molecular complexity index is 651. The molecule has 0 aliphatic heterocycles. The van der Waals surface area contributed by atoms with Gasteiger partial charge in [0.25, 0.3) is 0 Å². The second-order valence-electron chi connectivity index (χ2n) is 6.23. The summed E-state index contributed by atoms with van der Waals surface area (Å²) in [4.78, 5) is 4.67. The van der Waals surface area contributed by atoms with Crippen molar-refractivity contribution in [3.8, 4) is 0 Å². The highest BCUT2D eigenvalue weighted by Gasteiger charge is 2.44. The highest BCUT2D eigenvalue weighted by Crippen LogP contribution is 2.47. The minimum Gasteiger partial charge on any atom is -0.323 e. The summed E-state index contributed by atoms with van der Waals surface area (Å²) in [6.07, 6.45) is 4.71. The molecule has 4 rings (SSSR count). The van der Waals surface area contributed by atoms with Gasteiger partial charge in [0.15, 0.2) is 0 Å². The van der Waals surface area contributed by atoms with E-state index >= 15 is 0 Å². The fourth-order valence-electron chi connectivity index (χ4n) is 3.02. The Morgan fingerprint density at radius 1 is 1.32 bits per heavy atom. The van der Waals surface area contributed by atoms with Crippen LogP contribution in [0.1, 0.15) is 44.5 Å². The van der Waals surface area contributed by atoms with Gasteiger partial charge in [-0.25, -0.2) is 9.37 Å². The number of halogens is 1. The highest BCUT2D eigenvalue weighted by atomic mass is 19.1. The molecule has 1 heterocycles. The smallest absolute Gasteiger partial charge is 0.130 e. The molecular formula is C15H18FN3. The first-order valence-corrected chi connectivity index (χ1v) is 7.04. The number of hydrogen-bond donors (Lipinski definition) is 1. The summed E-state index contributed by atoms with van der Waals surface area (Å²) in [6.45, 7) is 2.07. The van der Waals surface area contributed by atoms with E-state index in [0.717, 1.165) is 16.9 Å². The zero-order chi connectivity index (χ0) is 13.2. The van der Waals surface area contributed by atoms with Crippen molar-refractivity contribution in [2.75, 3.05) is 0 Å². The van der Waals surface area contributed by atoms with Gasteiger partial charge in [0, 0.05) is 12.1 Å². The second kappa shape index (κ2) is 3.57. The van der Waals surface area contributed by atoms with E-state index in [2.05, 4.69) is 16.5 Å². The average Bonchev–Trinajstić information content (AvgIpc) is 3.23. The lowest BCUT2D eigenvalue weighted by molar-refractivity contribution is 0.383. The van der Waals surface area contributed by atoms with Crippen LogP contribution in [0, 0.1) is 11.7 Å². The Morgan fingerprint density at radius 2 is 2.05 bits per heavy atom. The fourth-order valence-corrected chi connectivity index (χ4v) is 3.02. The largest absolute Gasteiger partial charge is 0.323 e. The van der Waals surface area contributed by atoms with E-state index < -0.39 is 5.54 Å². The van der Waals surface area contributed by atoms with E-state index in [1.54, 1.807) is 0 Å². The number of nitrogens with two attached hydrogens (primary N) is 1. The Hall–Kier alpha value is -1.42. The maximum atomic E-state index is 13.4. The van der Waals surface area contributed by atoms with Crippen LogP contribution in [0.25, 0.3) is 11.0 Å². The molecule has 1 aromatic heterocycles. The number of fused-ring (bicyclic) bond motifs is 1. The van der Waals surface area contributed by atoms with Crippen molar-refractivity contribution in [3.05, 3.63) is 29.8 Å². The quantitative estimate of drug-likeness (QED) is 0.920. The van der Waals surface area contributed by atoms with E-state index in [1.807, 2.05) is 6.07 Å². The fraction of sp³-hybridized carbons (Fsp3) is 0.533. The minimum atomic E-state index is -0.391. The van der Waals surface area contributed by atoms with Gasteiger partial charge in [-0.2, -0.15) is 0 Å². The minimum absolute atomic E-state index is 0.232. The molecule has 2 aliphatic carbocycles. The van der Waals surface area contributed by atoms with E-state index in [9.17, 15) is 4.39 Å². The molecule has 19 heavy (non-hydrogen) atoms. The van der Waals surface area contributed by atoms with Crippen LogP contribution < -0.4 is 5.73 Å². The van der Waals surface area contributed by atoms with Gasteiger partial charge in [0.1, 0.15) is 11.6 Å². The van der Waals surface area contributed by atoms with E-state index in [-0.39, 0.29) is 5.82 Å². The van der Waals surface area contributed by atoms with Crippen LogP contribution in [-0.2, 0) is 5.54 Å². The Kier molecular flexibility index (Phi) is 2.14. The first kappa shape index (κ1) is 11.4. The Balaban J connectivity index is 1.95. The molecule has 2 aromatic rings. The lowest BCUT2D eigenvalue weighted by Gasteiger charge is -2.25. The summed E-state index contributed by atoms with van der Waals surface area (Å²) in [5.74, 6) is 1.23. The van der Waals surface area contributed by atoms with Gasteiger partial charge in [-0.1, -0.05) is 0 Å². The molecule has 2 aliphatic rings. The lowest BCUT2D eigenvalue weighted by Crippen LogP contribution is -2.38. The number of imidazole rings is 1. The Labute approximate surface area is 111 Å². The van der Waals surface area contributed by atoms with Crippen LogP contribution in [0.3, 0.4) is 0 Å². The van der Waals surface area contributed by atoms with Crippen LogP contribution in [0.2, 0.25) is 0 Å². The first-order valence-electron chi connectivity index (χ1n) is 7.04. The average molecular weight is 259 g/mol. The number of benzene rings is 1. The van der Waals surface area contributed by atoms with Gasteiger partial charge in [0.2, 0.25) is 0 Å². The maximum absolute atomic E-state index is 13.4. The molecule has 4 heteroatoms. The van der Waals surface area contributed by atoms with Crippen molar-refractivity contribution in [1.29, 1.82) is 0 Å². The maximum Gasteiger partial charge on any atom is 0.130 e. The topological polar surface area (TPSA) is 43.8 Å². The molecule has 1 aromatic carbocycles. The Morgan fingerprint density at radius 3 is 2.68 bits per heavy atom. The predicted molar refractivity (Wildman–Crippen MR) is 72.2 cm³/mol. The molecule has 0 saturated heterocycles. The summed E-state index contributed by atoms with van der Waals surface area (Å²) in [7, 11) is 0. The molecule has 2 saturated carbocycles. The third kappa shape index (κ3) is 1.70. The van der Waals surface area contributed by atoms with Gasteiger partial charge in [-0.15, -0.1) is 0 Å². The van der Waals surface area contributed by atoms with E-state index in [4.69, 9.17) is 5.73 Å². The molecule has 2 N–H and O–H groups in total. The van der Waals surface area contributed by atoms with Gasteiger partial charge in [-0.3, -0.25) is 0 Å². The highest BCUT2D eigenvalue weighted by molar-refractivity contribution is 5.76. The van der Waals surface area contributed by atoms with Crippen molar-refractivity contribution in [2.24, 2.45) is 11.7 Å². The lowest BCUT2D eigenvalue weighted by atomic mass is 9.96. The van der Waals surface area contributed by atoms with Crippen LogP contribution in [0.15, 0.2) is 18.2 Å². The predicted octanol–water partition coefficient (Wildman–Crippen LogP) is 3.09. The first-order chi connectivity index (χ1) is 9.07. The normalized spacial score (nSPS) is 22.7. The molecular weight excluding hydrogens is 241 g/mol. The van der Waals surface area contributed by atoms with Gasteiger partial charge in [-0.05, 0) is 50.7 Å². The summed E-state index contributed by atoms with van der Waals surface area (Å²) < 4.78 is 15.6. The summed E-state index contributed by atoms with van der Waals surface area (Å²) in [5, 5.41) is 0. The summed E-state index contributed by atoms with van der Waals surface area (Å²) >= 11 is 0. The monoisotopic (exact) mass is 259 g/mol. The zero-order valence-corrected chi connectivity index (χ0v) is 11.1. The second-order valence-corrected chi connectivity index (χ2v) is 6.23. The molecule has 3 nitrogen and oxygen atoms in total. The van der Waals surface area contributed by atoms with Crippen LogP contribution >= 0.6 is 0 Å². The number of rotatable bonds is 3. The molecule has 0 bridgehead atoms. The SMILES string of the molecule is CC(N)(c1nc2cc(F)ccc2n1C1CC1)C1CC1. The summed E-state index contributed by atoms with van der Waals surface area (Å²) in [6, 6.07) is 5.37. The van der Waals surface area contributed by atoms with Crippen LogP contribution in [0.5, 0.6) is 0 Å².